The topological polar surface area (TPSA) is 59.5 Å². The Bertz CT molecular complexity index is 496. The second-order valence-corrected chi connectivity index (χ2v) is 6.03. The zero-order valence-electron chi connectivity index (χ0n) is 12.4. The van der Waals surface area contributed by atoms with Crippen molar-refractivity contribution in [3.05, 3.63) is 11.2 Å². The lowest BCUT2D eigenvalue weighted by molar-refractivity contribution is 0.0829. The largest absolute Gasteiger partial charge is 0.474 e. The van der Waals surface area contributed by atoms with Gasteiger partial charge in [-0.1, -0.05) is 11.6 Å². The van der Waals surface area contributed by atoms with Gasteiger partial charge in [-0.3, -0.25) is 0 Å². The number of morpholine rings is 1. The summed E-state index contributed by atoms with van der Waals surface area (Å²) in [5.74, 6) is 1.18. The highest BCUT2D eigenvalue weighted by Crippen LogP contribution is 2.27. The zero-order chi connectivity index (χ0) is 14.8. The summed E-state index contributed by atoms with van der Waals surface area (Å²) in [6.45, 7) is 4.22. The van der Waals surface area contributed by atoms with Crippen LogP contribution in [0.15, 0.2) is 6.07 Å². The minimum atomic E-state index is 0.211. The summed E-state index contributed by atoms with van der Waals surface area (Å²) >= 11 is 6.12. The van der Waals surface area contributed by atoms with E-state index in [1.807, 2.05) is 7.05 Å². The molecule has 1 saturated carbocycles. The smallest absolute Gasteiger partial charge is 0.230 e. The molecule has 1 atom stereocenters. The number of ether oxygens (including phenoxy) is 2. The van der Waals surface area contributed by atoms with E-state index in [9.17, 15) is 0 Å². The van der Waals surface area contributed by atoms with Crippen LogP contribution in [0, 0.1) is 0 Å². The van der Waals surface area contributed by atoms with Gasteiger partial charge in [-0.25, -0.2) is 4.98 Å². The Morgan fingerprint density at radius 1 is 1.43 bits per heavy atom. The molecule has 1 aliphatic carbocycles. The third kappa shape index (κ3) is 3.39. The molecule has 1 aliphatic heterocycles. The van der Waals surface area contributed by atoms with Crippen LogP contribution < -0.4 is 15.0 Å². The molecular formula is C14H21ClN4O2. The van der Waals surface area contributed by atoms with Gasteiger partial charge in [0.05, 0.1) is 19.3 Å². The third-order valence-corrected chi connectivity index (χ3v) is 4.27. The maximum atomic E-state index is 6.12. The Kier molecular flexibility index (Phi) is 4.47. The van der Waals surface area contributed by atoms with Gasteiger partial charge in [-0.05, 0) is 26.8 Å². The summed E-state index contributed by atoms with van der Waals surface area (Å²) in [4.78, 5) is 10.9. The van der Waals surface area contributed by atoms with E-state index < -0.39 is 0 Å². The Morgan fingerprint density at radius 2 is 2.24 bits per heavy atom. The first-order valence-electron chi connectivity index (χ1n) is 7.38. The van der Waals surface area contributed by atoms with Crippen molar-refractivity contribution < 1.29 is 9.47 Å². The van der Waals surface area contributed by atoms with Gasteiger partial charge in [-0.2, -0.15) is 4.98 Å². The molecule has 1 N–H and O–H groups in total. The molecule has 1 aromatic heterocycles. The summed E-state index contributed by atoms with van der Waals surface area (Å²) in [7, 11) is 1.97. The molecule has 1 unspecified atom stereocenters. The fourth-order valence-corrected chi connectivity index (χ4v) is 2.84. The molecule has 0 amide bonds. The van der Waals surface area contributed by atoms with Gasteiger partial charge < -0.3 is 19.7 Å². The molecule has 21 heavy (non-hydrogen) atoms. The predicted octanol–water partition coefficient (Wildman–Crippen LogP) is 1.48. The fourth-order valence-electron chi connectivity index (χ4n) is 2.67. The maximum absolute atomic E-state index is 6.12. The number of halogens is 1. The van der Waals surface area contributed by atoms with E-state index in [0.29, 0.717) is 36.2 Å². The fraction of sp³-hybridized carbons (Fsp3) is 0.714. The van der Waals surface area contributed by atoms with E-state index in [4.69, 9.17) is 21.1 Å². The second-order valence-electron chi connectivity index (χ2n) is 5.64. The lowest BCUT2D eigenvalue weighted by Crippen LogP contribution is -2.46. The van der Waals surface area contributed by atoms with Gasteiger partial charge in [0.1, 0.15) is 11.3 Å². The average Bonchev–Trinajstić information content (AvgIpc) is 2.42. The summed E-state index contributed by atoms with van der Waals surface area (Å²) < 4.78 is 11.3. The zero-order valence-corrected chi connectivity index (χ0v) is 13.1. The molecule has 7 heteroatoms. The minimum absolute atomic E-state index is 0.211. The number of hydrogen-bond donors (Lipinski definition) is 1. The van der Waals surface area contributed by atoms with Crippen molar-refractivity contribution in [1.82, 2.24) is 15.3 Å². The molecular weight excluding hydrogens is 292 g/mol. The van der Waals surface area contributed by atoms with Crippen molar-refractivity contribution in [3.8, 4) is 5.88 Å². The van der Waals surface area contributed by atoms with Crippen LogP contribution in [-0.2, 0) is 4.74 Å². The van der Waals surface area contributed by atoms with E-state index >= 15 is 0 Å². The van der Waals surface area contributed by atoms with E-state index in [2.05, 4.69) is 27.1 Å². The lowest BCUT2D eigenvalue weighted by atomic mass is 9.89. The van der Waals surface area contributed by atoms with Crippen LogP contribution >= 0.6 is 11.6 Å². The molecule has 2 heterocycles. The van der Waals surface area contributed by atoms with Crippen molar-refractivity contribution in [2.45, 2.75) is 38.0 Å². The molecule has 0 radical (unpaired) electrons. The highest BCUT2D eigenvalue weighted by molar-refractivity contribution is 6.29. The summed E-state index contributed by atoms with van der Waals surface area (Å²) in [5.41, 5.74) is 0. The van der Waals surface area contributed by atoms with Crippen molar-refractivity contribution in [2.24, 2.45) is 0 Å². The van der Waals surface area contributed by atoms with E-state index in [-0.39, 0.29) is 12.1 Å². The highest BCUT2D eigenvalue weighted by Gasteiger charge is 2.30. The molecule has 3 rings (SSSR count). The Hall–Kier alpha value is -1.11. The van der Waals surface area contributed by atoms with Crippen LogP contribution in [0.1, 0.15) is 19.8 Å². The number of anilines is 1. The third-order valence-electron chi connectivity index (χ3n) is 4.07. The van der Waals surface area contributed by atoms with Gasteiger partial charge in [0.15, 0.2) is 0 Å². The van der Waals surface area contributed by atoms with Gasteiger partial charge in [0.25, 0.3) is 0 Å². The minimum Gasteiger partial charge on any atom is -0.474 e. The van der Waals surface area contributed by atoms with Crippen LogP contribution in [0.4, 0.5) is 5.95 Å². The van der Waals surface area contributed by atoms with Gasteiger partial charge >= 0.3 is 0 Å². The SMILES string of the molecule is CNC1CC(Oc2cc(Cl)nc(N3CCOCC3C)n2)C1. The lowest BCUT2D eigenvalue weighted by Gasteiger charge is -2.35. The summed E-state index contributed by atoms with van der Waals surface area (Å²) in [6, 6.07) is 2.47. The maximum Gasteiger partial charge on any atom is 0.230 e. The average molecular weight is 313 g/mol. The van der Waals surface area contributed by atoms with Gasteiger partial charge in [0, 0.05) is 18.7 Å². The highest BCUT2D eigenvalue weighted by atomic mass is 35.5. The number of nitrogens with one attached hydrogen (secondary N) is 1. The van der Waals surface area contributed by atoms with Crippen LogP contribution in [0.25, 0.3) is 0 Å². The molecule has 6 nitrogen and oxygen atoms in total. The summed E-state index contributed by atoms with van der Waals surface area (Å²) in [6.07, 6.45) is 2.21. The molecule has 0 spiro atoms. The van der Waals surface area contributed by atoms with Gasteiger partial charge in [0.2, 0.25) is 11.8 Å². The Labute approximate surface area is 129 Å². The Morgan fingerprint density at radius 3 is 2.95 bits per heavy atom. The van der Waals surface area contributed by atoms with Crippen molar-refractivity contribution in [3.63, 3.8) is 0 Å². The first kappa shape index (κ1) is 14.8. The molecule has 0 bridgehead atoms. The first-order chi connectivity index (χ1) is 10.2. The van der Waals surface area contributed by atoms with Crippen LogP contribution in [0.2, 0.25) is 5.15 Å². The quantitative estimate of drug-likeness (QED) is 0.850. The molecule has 0 aromatic carbocycles. The summed E-state index contributed by atoms with van der Waals surface area (Å²) in [5, 5.41) is 3.65. The number of rotatable bonds is 4. The number of aromatic nitrogens is 2. The first-order valence-corrected chi connectivity index (χ1v) is 7.76. The monoisotopic (exact) mass is 312 g/mol. The van der Waals surface area contributed by atoms with E-state index in [1.165, 1.54) is 0 Å². The van der Waals surface area contributed by atoms with Crippen molar-refractivity contribution in [2.75, 3.05) is 31.7 Å². The molecule has 1 saturated heterocycles. The van der Waals surface area contributed by atoms with Gasteiger partial charge in [-0.15, -0.1) is 0 Å². The van der Waals surface area contributed by atoms with Crippen LogP contribution in [-0.4, -0.2) is 55.0 Å². The van der Waals surface area contributed by atoms with E-state index in [0.717, 1.165) is 19.4 Å². The second kappa shape index (κ2) is 6.34. The normalized spacial score (nSPS) is 29.1. The molecule has 116 valence electrons. The standard InChI is InChI=1S/C14H21ClN4O2/c1-9-8-20-4-3-19(9)14-17-12(15)7-13(18-14)21-11-5-10(6-11)16-2/h7,9-11,16H,3-6,8H2,1-2H3. The van der Waals surface area contributed by atoms with Crippen molar-refractivity contribution in [1.29, 1.82) is 0 Å². The predicted molar refractivity (Wildman–Crippen MR) is 81.2 cm³/mol. The molecule has 2 fully saturated rings. The van der Waals surface area contributed by atoms with Crippen LogP contribution in [0.3, 0.4) is 0 Å². The number of hydrogen-bond acceptors (Lipinski definition) is 6. The Balaban J connectivity index is 1.70. The van der Waals surface area contributed by atoms with Crippen molar-refractivity contribution >= 4 is 17.5 Å². The molecule has 2 aliphatic rings. The number of nitrogens with zero attached hydrogens (tertiary/aromatic N) is 3. The molecule has 1 aromatic rings. The van der Waals surface area contributed by atoms with Crippen LogP contribution in [0.5, 0.6) is 5.88 Å². The van der Waals surface area contributed by atoms with E-state index in [1.54, 1.807) is 6.07 Å².